The van der Waals surface area contributed by atoms with Gasteiger partial charge in [-0.15, -0.1) is 0 Å². The molecule has 0 fully saturated rings. The molecule has 2 heteroatoms. The molecule has 0 aliphatic carbocycles. The SMILES string of the molecule is CC(C)C1NCc2cccc(O)c21. The topological polar surface area (TPSA) is 32.3 Å². The molecule has 2 nitrogen and oxygen atoms in total. The van der Waals surface area contributed by atoms with E-state index in [4.69, 9.17) is 0 Å². The van der Waals surface area contributed by atoms with Gasteiger partial charge >= 0.3 is 0 Å². The first-order valence-electron chi connectivity index (χ1n) is 4.74. The van der Waals surface area contributed by atoms with Crippen LogP contribution in [-0.2, 0) is 6.54 Å². The monoisotopic (exact) mass is 177 g/mol. The summed E-state index contributed by atoms with van der Waals surface area (Å²) in [5.74, 6) is 0.954. The number of hydrogen-bond donors (Lipinski definition) is 2. The van der Waals surface area contributed by atoms with Crippen molar-refractivity contribution in [3.63, 3.8) is 0 Å². The zero-order chi connectivity index (χ0) is 9.42. The third kappa shape index (κ3) is 1.31. The predicted molar refractivity (Wildman–Crippen MR) is 52.5 cm³/mol. The second kappa shape index (κ2) is 3.04. The number of phenolic OH excluding ortho intramolecular Hbond substituents is 1. The lowest BCUT2D eigenvalue weighted by Gasteiger charge is -2.16. The summed E-state index contributed by atoms with van der Waals surface area (Å²) < 4.78 is 0. The van der Waals surface area contributed by atoms with Crippen molar-refractivity contribution in [3.8, 4) is 5.75 Å². The molecule has 1 aliphatic rings. The number of hydrogen-bond acceptors (Lipinski definition) is 2. The summed E-state index contributed by atoms with van der Waals surface area (Å²) in [4.78, 5) is 0. The van der Waals surface area contributed by atoms with Crippen LogP contribution < -0.4 is 5.32 Å². The van der Waals surface area contributed by atoms with Crippen LogP contribution in [0, 0.1) is 5.92 Å². The largest absolute Gasteiger partial charge is 0.508 e. The van der Waals surface area contributed by atoms with Crippen LogP contribution in [0.15, 0.2) is 18.2 Å². The van der Waals surface area contributed by atoms with Crippen molar-refractivity contribution >= 4 is 0 Å². The van der Waals surface area contributed by atoms with Crippen LogP contribution >= 0.6 is 0 Å². The molecule has 2 N–H and O–H groups in total. The van der Waals surface area contributed by atoms with Crippen LogP contribution in [0.5, 0.6) is 5.75 Å². The van der Waals surface area contributed by atoms with Gasteiger partial charge < -0.3 is 10.4 Å². The van der Waals surface area contributed by atoms with Crippen molar-refractivity contribution in [1.82, 2.24) is 5.32 Å². The summed E-state index contributed by atoms with van der Waals surface area (Å²) >= 11 is 0. The Labute approximate surface area is 78.6 Å². The van der Waals surface area contributed by atoms with E-state index in [-0.39, 0.29) is 0 Å². The van der Waals surface area contributed by atoms with E-state index in [9.17, 15) is 5.11 Å². The molecule has 13 heavy (non-hydrogen) atoms. The molecule has 1 aromatic rings. The molecule has 1 atom stereocenters. The average Bonchev–Trinajstić information content (AvgIpc) is 2.49. The fourth-order valence-electron chi connectivity index (χ4n) is 2.00. The Bertz CT molecular complexity index is 320. The third-order valence-electron chi connectivity index (χ3n) is 2.66. The van der Waals surface area contributed by atoms with E-state index in [1.807, 2.05) is 6.07 Å². The van der Waals surface area contributed by atoms with Gasteiger partial charge in [-0.3, -0.25) is 0 Å². The van der Waals surface area contributed by atoms with Gasteiger partial charge in [-0.05, 0) is 17.5 Å². The second-order valence-corrected chi connectivity index (χ2v) is 3.95. The first kappa shape index (κ1) is 8.57. The Hall–Kier alpha value is -1.02. The van der Waals surface area contributed by atoms with Crippen molar-refractivity contribution in [2.24, 2.45) is 5.92 Å². The fraction of sp³-hybridized carbons (Fsp3) is 0.455. The molecule has 0 radical (unpaired) electrons. The highest BCUT2D eigenvalue weighted by Crippen LogP contribution is 2.36. The minimum Gasteiger partial charge on any atom is -0.508 e. The molecule has 1 unspecified atom stereocenters. The Kier molecular flexibility index (Phi) is 2.00. The van der Waals surface area contributed by atoms with Gasteiger partial charge in [0, 0.05) is 18.2 Å². The van der Waals surface area contributed by atoms with Crippen LogP contribution in [0.4, 0.5) is 0 Å². The third-order valence-corrected chi connectivity index (χ3v) is 2.66. The van der Waals surface area contributed by atoms with E-state index in [2.05, 4.69) is 25.2 Å². The lowest BCUT2D eigenvalue weighted by Crippen LogP contribution is -2.17. The zero-order valence-corrected chi connectivity index (χ0v) is 8.04. The number of nitrogens with one attached hydrogen (secondary N) is 1. The van der Waals surface area contributed by atoms with Crippen LogP contribution in [0.2, 0.25) is 0 Å². The van der Waals surface area contributed by atoms with Crippen molar-refractivity contribution in [2.45, 2.75) is 26.4 Å². The fourth-order valence-corrected chi connectivity index (χ4v) is 2.00. The highest BCUT2D eigenvalue weighted by molar-refractivity contribution is 5.44. The molecular weight excluding hydrogens is 162 g/mol. The van der Waals surface area contributed by atoms with E-state index in [0.717, 1.165) is 12.1 Å². The van der Waals surface area contributed by atoms with Gasteiger partial charge in [0.25, 0.3) is 0 Å². The first-order valence-corrected chi connectivity index (χ1v) is 4.74. The minimum atomic E-state index is 0.316. The number of benzene rings is 1. The maximum atomic E-state index is 9.71. The van der Waals surface area contributed by atoms with Crippen LogP contribution in [0.25, 0.3) is 0 Å². The quantitative estimate of drug-likeness (QED) is 0.689. The van der Waals surface area contributed by atoms with Crippen molar-refractivity contribution in [1.29, 1.82) is 0 Å². The maximum Gasteiger partial charge on any atom is 0.120 e. The summed E-state index contributed by atoms with van der Waals surface area (Å²) in [5.41, 5.74) is 2.33. The number of aromatic hydroxyl groups is 1. The van der Waals surface area contributed by atoms with Crippen LogP contribution in [-0.4, -0.2) is 5.11 Å². The van der Waals surface area contributed by atoms with Crippen LogP contribution in [0.3, 0.4) is 0 Å². The molecular formula is C11H15NO. The van der Waals surface area contributed by atoms with Gasteiger partial charge in [-0.2, -0.15) is 0 Å². The molecule has 1 aromatic carbocycles. The molecule has 0 bridgehead atoms. The summed E-state index contributed by atoms with van der Waals surface area (Å²) in [5, 5.41) is 13.1. The Morgan fingerprint density at radius 1 is 1.46 bits per heavy atom. The normalized spacial score (nSPS) is 20.7. The van der Waals surface area contributed by atoms with Gasteiger partial charge in [0.05, 0.1) is 0 Å². The van der Waals surface area contributed by atoms with Crippen molar-refractivity contribution in [2.75, 3.05) is 0 Å². The second-order valence-electron chi connectivity index (χ2n) is 3.95. The summed E-state index contributed by atoms with van der Waals surface area (Å²) in [6.07, 6.45) is 0. The Morgan fingerprint density at radius 3 is 2.92 bits per heavy atom. The predicted octanol–water partition coefficient (Wildman–Crippen LogP) is 2.19. The number of phenols is 1. The average molecular weight is 177 g/mol. The molecule has 0 aromatic heterocycles. The Morgan fingerprint density at radius 2 is 2.23 bits per heavy atom. The summed E-state index contributed by atoms with van der Waals surface area (Å²) in [6, 6.07) is 6.06. The lowest BCUT2D eigenvalue weighted by atomic mass is 9.95. The molecule has 0 spiro atoms. The highest BCUT2D eigenvalue weighted by Gasteiger charge is 2.26. The molecule has 0 saturated heterocycles. The highest BCUT2D eigenvalue weighted by atomic mass is 16.3. The van der Waals surface area contributed by atoms with Gasteiger partial charge in [-0.25, -0.2) is 0 Å². The maximum absolute atomic E-state index is 9.71. The van der Waals surface area contributed by atoms with Gasteiger partial charge in [0.15, 0.2) is 0 Å². The molecule has 0 saturated carbocycles. The minimum absolute atomic E-state index is 0.316. The van der Waals surface area contributed by atoms with E-state index in [1.165, 1.54) is 5.56 Å². The molecule has 2 rings (SSSR count). The van der Waals surface area contributed by atoms with E-state index >= 15 is 0 Å². The van der Waals surface area contributed by atoms with Gasteiger partial charge in [-0.1, -0.05) is 26.0 Å². The lowest BCUT2D eigenvalue weighted by molar-refractivity contribution is 0.413. The Balaban J connectivity index is 2.46. The standard InChI is InChI=1S/C11H15NO/c1-7(2)11-10-8(6-12-11)4-3-5-9(10)13/h3-5,7,11-13H,6H2,1-2H3. The van der Waals surface area contributed by atoms with Crippen LogP contribution in [0.1, 0.15) is 31.0 Å². The first-order chi connectivity index (χ1) is 6.20. The number of rotatable bonds is 1. The molecule has 70 valence electrons. The van der Waals surface area contributed by atoms with Crippen molar-refractivity contribution in [3.05, 3.63) is 29.3 Å². The van der Waals surface area contributed by atoms with E-state index in [0.29, 0.717) is 17.7 Å². The molecule has 1 heterocycles. The van der Waals surface area contributed by atoms with Gasteiger partial charge in [0.2, 0.25) is 0 Å². The zero-order valence-electron chi connectivity index (χ0n) is 8.04. The smallest absolute Gasteiger partial charge is 0.120 e. The van der Waals surface area contributed by atoms with Crippen molar-refractivity contribution < 1.29 is 5.11 Å². The number of fused-ring (bicyclic) bond motifs is 1. The van der Waals surface area contributed by atoms with Gasteiger partial charge in [0.1, 0.15) is 5.75 Å². The summed E-state index contributed by atoms with van der Waals surface area (Å²) in [7, 11) is 0. The molecule has 0 amide bonds. The van der Waals surface area contributed by atoms with E-state index in [1.54, 1.807) is 6.07 Å². The van der Waals surface area contributed by atoms with E-state index < -0.39 is 0 Å². The summed E-state index contributed by atoms with van der Waals surface area (Å²) in [6.45, 7) is 5.21. The molecule has 1 aliphatic heterocycles.